The number of methoxy groups -OCH3 is 1. The second kappa shape index (κ2) is 6.94. The number of ether oxygens (including phenoxy) is 1. The number of hydrogen-bond acceptors (Lipinski definition) is 3. The molecular formula is C17H26N2O2. The van der Waals surface area contributed by atoms with Crippen molar-refractivity contribution < 1.29 is 9.53 Å². The maximum Gasteiger partial charge on any atom is 0.227 e. The van der Waals surface area contributed by atoms with Crippen molar-refractivity contribution in [2.75, 3.05) is 13.7 Å². The van der Waals surface area contributed by atoms with Crippen molar-refractivity contribution in [2.45, 2.75) is 45.1 Å². The number of benzene rings is 1. The van der Waals surface area contributed by atoms with Crippen LogP contribution in [0, 0.1) is 5.41 Å². The molecule has 1 amide bonds. The van der Waals surface area contributed by atoms with E-state index >= 15 is 0 Å². The first-order valence-electron chi connectivity index (χ1n) is 7.76. The van der Waals surface area contributed by atoms with E-state index in [1.54, 1.807) is 7.11 Å². The maximum atomic E-state index is 12.7. The van der Waals surface area contributed by atoms with Crippen molar-refractivity contribution in [3.05, 3.63) is 29.8 Å². The van der Waals surface area contributed by atoms with Crippen LogP contribution in [-0.2, 0) is 4.79 Å². The lowest BCUT2D eigenvalue weighted by Gasteiger charge is -2.35. The molecule has 1 atom stereocenters. The molecule has 0 spiro atoms. The van der Waals surface area contributed by atoms with Gasteiger partial charge in [0.15, 0.2) is 0 Å². The summed E-state index contributed by atoms with van der Waals surface area (Å²) >= 11 is 0. The van der Waals surface area contributed by atoms with Gasteiger partial charge in [0.05, 0.1) is 18.6 Å². The van der Waals surface area contributed by atoms with Gasteiger partial charge in [-0.1, -0.05) is 31.4 Å². The Labute approximate surface area is 127 Å². The van der Waals surface area contributed by atoms with E-state index in [0.29, 0.717) is 6.54 Å². The van der Waals surface area contributed by atoms with Crippen LogP contribution in [0.1, 0.15) is 50.6 Å². The second-order valence-corrected chi connectivity index (χ2v) is 6.02. The van der Waals surface area contributed by atoms with Crippen LogP contribution in [0.5, 0.6) is 5.75 Å². The first-order valence-corrected chi connectivity index (χ1v) is 7.76. The summed E-state index contributed by atoms with van der Waals surface area (Å²) in [5.74, 6) is 0.903. The van der Waals surface area contributed by atoms with Crippen LogP contribution in [0.15, 0.2) is 24.3 Å². The number of amides is 1. The molecule has 1 fully saturated rings. The third kappa shape index (κ3) is 3.56. The van der Waals surface area contributed by atoms with Gasteiger partial charge in [0.25, 0.3) is 0 Å². The van der Waals surface area contributed by atoms with Crippen LogP contribution in [0.2, 0.25) is 0 Å². The lowest BCUT2D eigenvalue weighted by atomic mass is 9.73. The highest BCUT2D eigenvalue weighted by Gasteiger charge is 2.38. The van der Waals surface area contributed by atoms with Crippen molar-refractivity contribution in [3.8, 4) is 5.75 Å². The fraction of sp³-hybridized carbons (Fsp3) is 0.588. The van der Waals surface area contributed by atoms with Crippen LogP contribution >= 0.6 is 0 Å². The molecule has 1 aliphatic rings. The van der Waals surface area contributed by atoms with E-state index in [2.05, 4.69) is 5.32 Å². The van der Waals surface area contributed by atoms with E-state index < -0.39 is 0 Å². The molecule has 1 aromatic rings. The lowest BCUT2D eigenvalue weighted by molar-refractivity contribution is -0.133. The van der Waals surface area contributed by atoms with E-state index in [-0.39, 0.29) is 17.4 Å². The summed E-state index contributed by atoms with van der Waals surface area (Å²) in [5.41, 5.74) is 6.60. The molecular weight excluding hydrogens is 264 g/mol. The SMILES string of the molecule is COc1cccc([C@H](C)NC(=O)C2(CN)CCCCC2)c1. The van der Waals surface area contributed by atoms with Crippen LogP contribution < -0.4 is 15.8 Å². The van der Waals surface area contributed by atoms with E-state index in [4.69, 9.17) is 10.5 Å². The average molecular weight is 290 g/mol. The fourth-order valence-electron chi connectivity index (χ4n) is 3.10. The summed E-state index contributed by atoms with van der Waals surface area (Å²) in [6, 6.07) is 7.76. The molecule has 0 bridgehead atoms. The third-order valence-electron chi connectivity index (χ3n) is 4.62. The Hall–Kier alpha value is -1.55. The predicted molar refractivity (Wildman–Crippen MR) is 84.1 cm³/mol. The zero-order valence-electron chi connectivity index (χ0n) is 13.0. The first-order chi connectivity index (χ1) is 10.1. The Bertz CT molecular complexity index is 481. The molecule has 0 heterocycles. The normalized spacial score (nSPS) is 18.8. The molecule has 3 N–H and O–H groups in total. The summed E-state index contributed by atoms with van der Waals surface area (Å²) in [6.07, 6.45) is 5.21. The van der Waals surface area contributed by atoms with Gasteiger partial charge in [-0.05, 0) is 37.5 Å². The van der Waals surface area contributed by atoms with Crippen molar-refractivity contribution in [1.29, 1.82) is 0 Å². The molecule has 0 radical (unpaired) electrons. The second-order valence-electron chi connectivity index (χ2n) is 6.02. The van der Waals surface area contributed by atoms with Gasteiger partial charge in [0, 0.05) is 6.54 Å². The fourth-order valence-corrected chi connectivity index (χ4v) is 3.10. The van der Waals surface area contributed by atoms with Crippen molar-refractivity contribution >= 4 is 5.91 Å². The molecule has 1 aromatic carbocycles. The number of hydrogen-bond donors (Lipinski definition) is 2. The van der Waals surface area contributed by atoms with E-state index in [9.17, 15) is 4.79 Å². The number of rotatable bonds is 5. The molecule has 0 unspecified atom stereocenters. The molecule has 4 heteroatoms. The van der Waals surface area contributed by atoms with E-state index in [0.717, 1.165) is 37.0 Å². The number of carbonyl (C=O) groups is 1. The van der Waals surface area contributed by atoms with Gasteiger partial charge < -0.3 is 15.8 Å². The number of carbonyl (C=O) groups excluding carboxylic acids is 1. The number of nitrogens with two attached hydrogens (primary N) is 1. The zero-order valence-corrected chi connectivity index (χ0v) is 13.0. The van der Waals surface area contributed by atoms with Crippen molar-refractivity contribution in [3.63, 3.8) is 0 Å². The van der Waals surface area contributed by atoms with Crippen LogP contribution in [-0.4, -0.2) is 19.6 Å². The van der Waals surface area contributed by atoms with Crippen LogP contribution in [0.4, 0.5) is 0 Å². The summed E-state index contributed by atoms with van der Waals surface area (Å²) in [7, 11) is 1.65. The Kier molecular flexibility index (Phi) is 5.23. The quantitative estimate of drug-likeness (QED) is 0.876. The Morgan fingerprint density at radius 1 is 1.38 bits per heavy atom. The van der Waals surface area contributed by atoms with Gasteiger partial charge in [-0.3, -0.25) is 4.79 Å². The van der Waals surface area contributed by atoms with Crippen LogP contribution in [0.25, 0.3) is 0 Å². The van der Waals surface area contributed by atoms with Crippen molar-refractivity contribution in [1.82, 2.24) is 5.32 Å². The topological polar surface area (TPSA) is 64.3 Å². The highest BCUT2D eigenvalue weighted by atomic mass is 16.5. The zero-order chi connectivity index (χ0) is 15.3. The van der Waals surface area contributed by atoms with E-state index in [1.807, 2.05) is 31.2 Å². The summed E-state index contributed by atoms with van der Waals surface area (Å²) in [4.78, 5) is 12.7. The lowest BCUT2D eigenvalue weighted by Crippen LogP contribution is -2.47. The molecule has 21 heavy (non-hydrogen) atoms. The minimum atomic E-state index is -0.370. The molecule has 2 rings (SSSR count). The summed E-state index contributed by atoms with van der Waals surface area (Å²) < 4.78 is 5.23. The first kappa shape index (κ1) is 15.8. The monoisotopic (exact) mass is 290 g/mol. The predicted octanol–water partition coefficient (Wildman–Crippen LogP) is 2.78. The van der Waals surface area contributed by atoms with Gasteiger partial charge in [-0.2, -0.15) is 0 Å². The highest BCUT2D eigenvalue weighted by Crippen LogP contribution is 2.36. The summed E-state index contributed by atoms with van der Waals surface area (Å²) in [6.45, 7) is 2.43. The standard InChI is InChI=1S/C17H26N2O2/c1-13(14-7-6-8-15(11-14)21-2)19-16(20)17(12-18)9-4-3-5-10-17/h6-8,11,13H,3-5,9-10,12,18H2,1-2H3,(H,19,20)/t13-/m0/s1. The largest absolute Gasteiger partial charge is 0.497 e. The van der Waals surface area contributed by atoms with Crippen LogP contribution in [0.3, 0.4) is 0 Å². The molecule has 4 nitrogen and oxygen atoms in total. The van der Waals surface area contributed by atoms with Crippen molar-refractivity contribution in [2.24, 2.45) is 11.1 Å². The smallest absolute Gasteiger partial charge is 0.227 e. The van der Waals surface area contributed by atoms with Gasteiger partial charge in [-0.15, -0.1) is 0 Å². The number of nitrogens with one attached hydrogen (secondary N) is 1. The molecule has 0 aromatic heterocycles. The van der Waals surface area contributed by atoms with Gasteiger partial charge in [0.1, 0.15) is 5.75 Å². The molecule has 1 saturated carbocycles. The molecule has 116 valence electrons. The highest BCUT2D eigenvalue weighted by molar-refractivity contribution is 5.83. The molecule has 0 saturated heterocycles. The van der Waals surface area contributed by atoms with Gasteiger partial charge >= 0.3 is 0 Å². The minimum absolute atomic E-state index is 0.0436. The molecule has 0 aliphatic heterocycles. The third-order valence-corrected chi connectivity index (χ3v) is 4.62. The minimum Gasteiger partial charge on any atom is -0.497 e. The van der Waals surface area contributed by atoms with Gasteiger partial charge in [0.2, 0.25) is 5.91 Å². The summed E-state index contributed by atoms with van der Waals surface area (Å²) in [5, 5.41) is 3.13. The average Bonchev–Trinajstić information content (AvgIpc) is 2.55. The maximum absolute atomic E-state index is 12.7. The van der Waals surface area contributed by atoms with Gasteiger partial charge in [-0.25, -0.2) is 0 Å². The van der Waals surface area contributed by atoms with E-state index in [1.165, 1.54) is 6.42 Å². The Balaban J connectivity index is 2.06. The Morgan fingerprint density at radius 3 is 2.71 bits per heavy atom. The molecule has 1 aliphatic carbocycles. The Morgan fingerprint density at radius 2 is 2.10 bits per heavy atom.